The Kier molecular flexibility index (Phi) is 3.99. The maximum Gasteiger partial charge on any atom is 0.137 e. The van der Waals surface area contributed by atoms with E-state index >= 15 is 0 Å². The SMILES string of the molecule is Fc1cccc(-n2nc(C3CCCC3)c(CCl)c2Cl)c1. The summed E-state index contributed by atoms with van der Waals surface area (Å²) in [6.07, 6.45) is 4.69. The third-order valence-corrected chi connectivity index (χ3v) is 4.54. The third kappa shape index (κ3) is 2.45. The number of hydrogen-bond acceptors (Lipinski definition) is 1. The van der Waals surface area contributed by atoms with Crippen LogP contribution >= 0.6 is 23.2 Å². The van der Waals surface area contributed by atoms with Crippen LogP contribution in [-0.4, -0.2) is 9.78 Å². The van der Waals surface area contributed by atoms with Gasteiger partial charge in [0.2, 0.25) is 0 Å². The Morgan fingerprint density at radius 3 is 2.70 bits per heavy atom. The fraction of sp³-hybridized carbons (Fsp3) is 0.400. The van der Waals surface area contributed by atoms with Crippen LogP contribution in [-0.2, 0) is 5.88 Å². The zero-order valence-corrected chi connectivity index (χ0v) is 12.5. The lowest BCUT2D eigenvalue weighted by Crippen LogP contribution is -2.00. The van der Waals surface area contributed by atoms with Gasteiger partial charge in [0.25, 0.3) is 0 Å². The molecule has 1 aliphatic carbocycles. The average Bonchev–Trinajstić information content (AvgIpc) is 3.05. The van der Waals surface area contributed by atoms with E-state index in [1.165, 1.54) is 25.0 Å². The van der Waals surface area contributed by atoms with E-state index in [0.717, 1.165) is 24.1 Å². The van der Waals surface area contributed by atoms with Crippen molar-refractivity contribution >= 4 is 23.2 Å². The summed E-state index contributed by atoms with van der Waals surface area (Å²) in [5.74, 6) is 0.458. The molecule has 0 aliphatic heterocycles. The van der Waals surface area contributed by atoms with Crippen molar-refractivity contribution in [3.05, 3.63) is 46.5 Å². The molecule has 0 spiro atoms. The van der Waals surface area contributed by atoms with Crippen LogP contribution in [0.5, 0.6) is 0 Å². The van der Waals surface area contributed by atoms with Crippen molar-refractivity contribution in [2.24, 2.45) is 0 Å². The van der Waals surface area contributed by atoms with Crippen LogP contribution in [0, 0.1) is 5.82 Å². The van der Waals surface area contributed by atoms with Crippen LogP contribution in [0.3, 0.4) is 0 Å². The molecule has 1 aromatic heterocycles. The van der Waals surface area contributed by atoms with Crippen molar-refractivity contribution in [2.75, 3.05) is 0 Å². The molecule has 1 saturated carbocycles. The molecule has 1 heterocycles. The Balaban J connectivity index is 2.08. The second kappa shape index (κ2) is 5.74. The molecule has 0 amide bonds. The first-order valence-electron chi connectivity index (χ1n) is 6.80. The van der Waals surface area contributed by atoms with Crippen molar-refractivity contribution in [3.8, 4) is 5.69 Å². The van der Waals surface area contributed by atoms with Gasteiger partial charge in [0.05, 0.1) is 17.3 Å². The standard InChI is InChI=1S/C15H15Cl2FN2/c16-9-13-14(10-4-1-2-5-10)19-20(15(13)17)12-7-3-6-11(18)8-12/h3,6-8,10H,1-2,4-5,9H2. The molecule has 1 aromatic carbocycles. The molecule has 20 heavy (non-hydrogen) atoms. The van der Waals surface area contributed by atoms with Gasteiger partial charge in [0.15, 0.2) is 0 Å². The van der Waals surface area contributed by atoms with Gasteiger partial charge in [-0.05, 0) is 31.0 Å². The maximum absolute atomic E-state index is 13.4. The Bertz CT molecular complexity index is 618. The molecule has 106 valence electrons. The minimum absolute atomic E-state index is 0.302. The molecule has 0 bridgehead atoms. The Morgan fingerprint density at radius 1 is 1.30 bits per heavy atom. The van der Waals surface area contributed by atoms with E-state index in [9.17, 15) is 4.39 Å². The van der Waals surface area contributed by atoms with Gasteiger partial charge in [-0.15, -0.1) is 11.6 Å². The number of benzene rings is 1. The maximum atomic E-state index is 13.4. The monoisotopic (exact) mass is 312 g/mol. The lowest BCUT2D eigenvalue weighted by Gasteiger charge is -2.06. The van der Waals surface area contributed by atoms with Crippen LogP contribution in [0.25, 0.3) is 5.69 Å². The van der Waals surface area contributed by atoms with Crippen molar-refractivity contribution in [3.63, 3.8) is 0 Å². The zero-order valence-electron chi connectivity index (χ0n) is 11.0. The molecule has 1 fully saturated rings. The fourth-order valence-electron chi connectivity index (χ4n) is 2.88. The molecule has 0 saturated heterocycles. The first kappa shape index (κ1) is 13.9. The number of halogens is 3. The summed E-state index contributed by atoms with van der Waals surface area (Å²) in [5.41, 5.74) is 2.49. The quantitative estimate of drug-likeness (QED) is 0.724. The van der Waals surface area contributed by atoms with Crippen LogP contribution in [0.4, 0.5) is 4.39 Å². The van der Waals surface area contributed by atoms with E-state index in [-0.39, 0.29) is 5.82 Å². The summed E-state index contributed by atoms with van der Waals surface area (Å²) in [6, 6.07) is 6.27. The first-order chi connectivity index (χ1) is 9.70. The van der Waals surface area contributed by atoms with Gasteiger partial charge in [-0.25, -0.2) is 9.07 Å². The van der Waals surface area contributed by atoms with Gasteiger partial charge in [-0.2, -0.15) is 5.10 Å². The highest BCUT2D eigenvalue weighted by Gasteiger charge is 2.26. The Labute approximate surface area is 127 Å². The molecule has 0 N–H and O–H groups in total. The van der Waals surface area contributed by atoms with Crippen LogP contribution in [0.15, 0.2) is 24.3 Å². The summed E-state index contributed by atoms with van der Waals surface area (Å²) in [5, 5.41) is 5.10. The van der Waals surface area contributed by atoms with Gasteiger partial charge < -0.3 is 0 Å². The highest BCUT2D eigenvalue weighted by Crippen LogP contribution is 2.38. The second-order valence-corrected chi connectivity index (χ2v) is 5.79. The summed E-state index contributed by atoms with van der Waals surface area (Å²) >= 11 is 12.4. The number of alkyl halides is 1. The van der Waals surface area contributed by atoms with Gasteiger partial charge in [-0.3, -0.25) is 0 Å². The lowest BCUT2D eigenvalue weighted by atomic mass is 10.0. The average molecular weight is 313 g/mol. The highest BCUT2D eigenvalue weighted by molar-refractivity contribution is 6.31. The van der Waals surface area contributed by atoms with E-state index in [4.69, 9.17) is 23.2 Å². The number of hydrogen-bond donors (Lipinski definition) is 0. The molecule has 0 radical (unpaired) electrons. The van der Waals surface area contributed by atoms with Crippen molar-refractivity contribution in [1.29, 1.82) is 0 Å². The molecule has 0 unspecified atom stereocenters. The predicted molar refractivity (Wildman–Crippen MR) is 79.3 cm³/mol. The summed E-state index contributed by atoms with van der Waals surface area (Å²) in [6.45, 7) is 0. The van der Waals surface area contributed by atoms with Gasteiger partial charge in [0.1, 0.15) is 11.0 Å². The predicted octanol–water partition coefficient (Wildman–Crippen LogP) is 5.06. The van der Waals surface area contributed by atoms with E-state index in [1.807, 2.05) is 0 Å². The molecule has 5 heteroatoms. The fourth-order valence-corrected chi connectivity index (χ4v) is 3.51. The van der Waals surface area contributed by atoms with E-state index in [0.29, 0.717) is 22.6 Å². The number of rotatable bonds is 3. The van der Waals surface area contributed by atoms with Crippen molar-refractivity contribution in [2.45, 2.75) is 37.5 Å². The number of aromatic nitrogens is 2. The van der Waals surface area contributed by atoms with Crippen LogP contribution in [0.2, 0.25) is 5.15 Å². The normalized spacial score (nSPS) is 15.9. The summed E-state index contributed by atoms with van der Waals surface area (Å²) in [7, 11) is 0. The van der Waals surface area contributed by atoms with E-state index in [1.54, 1.807) is 16.8 Å². The van der Waals surface area contributed by atoms with Gasteiger partial charge in [-0.1, -0.05) is 30.5 Å². The molecular weight excluding hydrogens is 298 g/mol. The largest absolute Gasteiger partial charge is 0.221 e. The van der Waals surface area contributed by atoms with Crippen molar-refractivity contribution < 1.29 is 4.39 Å². The van der Waals surface area contributed by atoms with E-state index in [2.05, 4.69) is 5.10 Å². The van der Waals surface area contributed by atoms with E-state index < -0.39 is 0 Å². The molecule has 3 rings (SSSR count). The molecule has 2 aromatic rings. The molecule has 2 nitrogen and oxygen atoms in total. The Hall–Kier alpha value is -1.06. The summed E-state index contributed by atoms with van der Waals surface area (Å²) < 4.78 is 15.0. The molecular formula is C15H15Cl2FN2. The zero-order chi connectivity index (χ0) is 14.1. The van der Waals surface area contributed by atoms with Gasteiger partial charge in [0, 0.05) is 11.5 Å². The molecule has 1 aliphatic rings. The van der Waals surface area contributed by atoms with Crippen molar-refractivity contribution in [1.82, 2.24) is 9.78 Å². The minimum Gasteiger partial charge on any atom is -0.221 e. The highest BCUT2D eigenvalue weighted by atomic mass is 35.5. The second-order valence-electron chi connectivity index (χ2n) is 5.16. The van der Waals surface area contributed by atoms with Crippen LogP contribution in [0.1, 0.15) is 42.9 Å². The third-order valence-electron chi connectivity index (χ3n) is 3.88. The summed E-state index contributed by atoms with van der Waals surface area (Å²) in [4.78, 5) is 0. The molecule has 0 atom stereocenters. The minimum atomic E-state index is -0.302. The smallest absolute Gasteiger partial charge is 0.137 e. The topological polar surface area (TPSA) is 17.8 Å². The van der Waals surface area contributed by atoms with Gasteiger partial charge >= 0.3 is 0 Å². The lowest BCUT2D eigenvalue weighted by molar-refractivity contribution is 0.624. The Morgan fingerprint density at radius 2 is 2.05 bits per heavy atom. The number of nitrogens with zero attached hydrogens (tertiary/aromatic N) is 2. The van der Waals surface area contributed by atoms with Crippen LogP contribution < -0.4 is 0 Å². The first-order valence-corrected chi connectivity index (χ1v) is 7.71.